The molecule has 0 aliphatic carbocycles. The molecule has 2 N–H and O–H groups in total. The van der Waals surface area contributed by atoms with E-state index in [4.69, 9.17) is 11.6 Å². The van der Waals surface area contributed by atoms with Crippen molar-refractivity contribution in [3.8, 4) is 11.1 Å². The highest BCUT2D eigenvalue weighted by Gasteiger charge is 2.04. The first-order valence-corrected chi connectivity index (χ1v) is 8.18. The average Bonchev–Trinajstić information content (AvgIpc) is 2.99. The van der Waals surface area contributed by atoms with Gasteiger partial charge in [-0.3, -0.25) is 9.48 Å². The number of benzene rings is 1. The van der Waals surface area contributed by atoms with Crippen LogP contribution in [-0.4, -0.2) is 21.3 Å². The SMILES string of the molecule is Cc1ccn(CCNCc2cc(-c3ccc(Cl)cc3)c[nH]c2=O)n1. The first-order valence-electron chi connectivity index (χ1n) is 7.80. The van der Waals surface area contributed by atoms with Gasteiger partial charge in [0.05, 0.1) is 12.2 Å². The molecule has 0 spiro atoms. The number of H-pyrrole nitrogens is 1. The van der Waals surface area contributed by atoms with Crippen LogP contribution in [0.1, 0.15) is 11.3 Å². The molecule has 0 fully saturated rings. The second-order valence-corrected chi connectivity index (χ2v) is 6.08. The number of pyridine rings is 1. The summed E-state index contributed by atoms with van der Waals surface area (Å²) >= 11 is 5.92. The summed E-state index contributed by atoms with van der Waals surface area (Å²) in [6.07, 6.45) is 3.67. The highest BCUT2D eigenvalue weighted by atomic mass is 35.5. The van der Waals surface area contributed by atoms with E-state index < -0.39 is 0 Å². The zero-order chi connectivity index (χ0) is 16.9. The number of aromatic nitrogens is 3. The van der Waals surface area contributed by atoms with Crippen LogP contribution in [0.5, 0.6) is 0 Å². The molecular formula is C18H19ClN4O. The normalized spacial score (nSPS) is 10.9. The molecule has 3 aromatic rings. The summed E-state index contributed by atoms with van der Waals surface area (Å²) in [5, 5.41) is 8.31. The fourth-order valence-electron chi connectivity index (χ4n) is 2.48. The second-order valence-electron chi connectivity index (χ2n) is 5.65. The smallest absolute Gasteiger partial charge is 0.252 e. The van der Waals surface area contributed by atoms with Crippen LogP contribution in [0.25, 0.3) is 11.1 Å². The molecule has 2 heterocycles. The third kappa shape index (κ3) is 4.13. The minimum absolute atomic E-state index is 0.0739. The Hall–Kier alpha value is -2.37. The van der Waals surface area contributed by atoms with Crippen LogP contribution in [-0.2, 0) is 13.1 Å². The molecule has 24 heavy (non-hydrogen) atoms. The lowest BCUT2D eigenvalue weighted by Crippen LogP contribution is -2.24. The molecule has 3 rings (SSSR count). The number of rotatable bonds is 6. The number of aryl methyl sites for hydroxylation is 1. The third-order valence-corrected chi connectivity index (χ3v) is 4.02. The van der Waals surface area contributed by atoms with Gasteiger partial charge in [-0.25, -0.2) is 0 Å². The molecule has 0 aliphatic heterocycles. The number of nitrogens with zero attached hydrogens (tertiary/aromatic N) is 2. The minimum atomic E-state index is -0.0739. The zero-order valence-electron chi connectivity index (χ0n) is 13.4. The largest absolute Gasteiger partial charge is 0.328 e. The number of nitrogens with one attached hydrogen (secondary N) is 2. The molecule has 2 aromatic heterocycles. The van der Waals surface area contributed by atoms with Crippen molar-refractivity contribution in [1.82, 2.24) is 20.1 Å². The number of halogens is 1. The van der Waals surface area contributed by atoms with Crippen molar-refractivity contribution in [2.45, 2.75) is 20.0 Å². The van der Waals surface area contributed by atoms with Crippen LogP contribution >= 0.6 is 11.6 Å². The van der Waals surface area contributed by atoms with Gasteiger partial charge in [0.1, 0.15) is 0 Å². The molecule has 0 saturated heterocycles. The maximum Gasteiger partial charge on any atom is 0.252 e. The van der Waals surface area contributed by atoms with Crippen molar-refractivity contribution in [3.63, 3.8) is 0 Å². The highest BCUT2D eigenvalue weighted by molar-refractivity contribution is 6.30. The van der Waals surface area contributed by atoms with Crippen LogP contribution in [0, 0.1) is 6.92 Å². The van der Waals surface area contributed by atoms with Gasteiger partial charge in [-0.1, -0.05) is 23.7 Å². The molecule has 0 unspecified atom stereocenters. The Morgan fingerprint density at radius 2 is 2.00 bits per heavy atom. The molecule has 5 nitrogen and oxygen atoms in total. The number of aromatic amines is 1. The molecule has 0 atom stereocenters. The highest BCUT2D eigenvalue weighted by Crippen LogP contribution is 2.20. The van der Waals surface area contributed by atoms with E-state index in [0.29, 0.717) is 17.1 Å². The molecule has 0 amide bonds. The summed E-state index contributed by atoms with van der Waals surface area (Å²) in [7, 11) is 0. The average molecular weight is 343 g/mol. The zero-order valence-corrected chi connectivity index (χ0v) is 14.2. The van der Waals surface area contributed by atoms with Gasteiger partial charge < -0.3 is 10.3 Å². The van der Waals surface area contributed by atoms with E-state index in [1.54, 1.807) is 6.20 Å². The maximum atomic E-state index is 12.0. The number of hydrogen-bond acceptors (Lipinski definition) is 3. The molecule has 0 saturated carbocycles. The van der Waals surface area contributed by atoms with Crippen molar-refractivity contribution in [1.29, 1.82) is 0 Å². The van der Waals surface area contributed by atoms with E-state index in [2.05, 4.69) is 15.4 Å². The van der Waals surface area contributed by atoms with E-state index >= 15 is 0 Å². The fraction of sp³-hybridized carbons (Fsp3) is 0.222. The van der Waals surface area contributed by atoms with Crippen LogP contribution < -0.4 is 10.9 Å². The van der Waals surface area contributed by atoms with Gasteiger partial charge in [0.15, 0.2) is 0 Å². The molecule has 6 heteroatoms. The molecule has 0 radical (unpaired) electrons. The van der Waals surface area contributed by atoms with Gasteiger partial charge in [-0.05, 0) is 42.3 Å². The second kappa shape index (κ2) is 7.47. The predicted molar refractivity (Wildman–Crippen MR) is 96.2 cm³/mol. The minimum Gasteiger partial charge on any atom is -0.328 e. The third-order valence-electron chi connectivity index (χ3n) is 3.76. The van der Waals surface area contributed by atoms with Crippen molar-refractivity contribution in [2.75, 3.05) is 6.54 Å². The van der Waals surface area contributed by atoms with E-state index in [1.165, 1.54) is 0 Å². The molecule has 0 aliphatic rings. The first-order chi connectivity index (χ1) is 11.6. The van der Waals surface area contributed by atoms with E-state index in [-0.39, 0.29) is 5.56 Å². The summed E-state index contributed by atoms with van der Waals surface area (Å²) in [6.45, 7) is 3.98. The first kappa shape index (κ1) is 16.5. The number of hydrogen-bond donors (Lipinski definition) is 2. The van der Waals surface area contributed by atoms with Crippen LogP contribution in [0.15, 0.2) is 53.6 Å². The fourth-order valence-corrected chi connectivity index (χ4v) is 2.60. The Labute approximate surface area is 145 Å². The van der Waals surface area contributed by atoms with E-state index in [1.807, 2.05) is 54.2 Å². The van der Waals surface area contributed by atoms with Crippen molar-refractivity contribution in [2.24, 2.45) is 0 Å². The van der Waals surface area contributed by atoms with Gasteiger partial charge in [0.2, 0.25) is 0 Å². The summed E-state index contributed by atoms with van der Waals surface area (Å²) in [4.78, 5) is 14.8. The molecule has 124 valence electrons. The molecule has 1 aromatic carbocycles. The quantitative estimate of drug-likeness (QED) is 0.677. The Bertz CT molecular complexity index is 867. The summed E-state index contributed by atoms with van der Waals surface area (Å²) in [6, 6.07) is 11.4. The van der Waals surface area contributed by atoms with Crippen molar-refractivity contribution < 1.29 is 0 Å². The van der Waals surface area contributed by atoms with Crippen molar-refractivity contribution in [3.05, 3.63) is 75.4 Å². The lowest BCUT2D eigenvalue weighted by Gasteiger charge is -2.07. The van der Waals surface area contributed by atoms with Gasteiger partial charge in [0.25, 0.3) is 5.56 Å². The van der Waals surface area contributed by atoms with Crippen LogP contribution in [0.3, 0.4) is 0 Å². The monoisotopic (exact) mass is 342 g/mol. The summed E-state index contributed by atoms with van der Waals surface area (Å²) in [5.41, 5.74) is 3.62. The van der Waals surface area contributed by atoms with Gasteiger partial charge in [-0.15, -0.1) is 0 Å². The predicted octanol–water partition coefficient (Wildman–Crippen LogP) is 2.99. The lowest BCUT2D eigenvalue weighted by molar-refractivity contribution is 0.551. The van der Waals surface area contributed by atoms with E-state index in [0.717, 1.165) is 29.9 Å². The summed E-state index contributed by atoms with van der Waals surface area (Å²) < 4.78 is 1.89. The van der Waals surface area contributed by atoms with Crippen LogP contribution in [0.2, 0.25) is 5.02 Å². The Morgan fingerprint density at radius 3 is 2.71 bits per heavy atom. The topological polar surface area (TPSA) is 62.7 Å². The Kier molecular flexibility index (Phi) is 5.13. The van der Waals surface area contributed by atoms with E-state index in [9.17, 15) is 4.79 Å². The molecule has 0 bridgehead atoms. The standard InChI is InChI=1S/C18H19ClN4O/c1-13-6-8-23(22-13)9-7-20-11-16-10-15(12-21-18(16)24)14-2-4-17(19)5-3-14/h2-6,8,10,12,20H,7,9,11H2,1H3,(H,21,24). The van der Waals surface area contributed by atoms with Gasteiger partial charge in [-0.2, -0.15) is 5.10 Å². The Balaban J connectivity index is 1.63. The lowest BCUT2D eigenvalue weighted by atomic mass is 10.1. The van der Waals surface area contributed by atoms with Gasteiger partial charge in [0, 0.05) is 36.1 Å². The van der Waals surface area contributed by atoms with Crippen LogP contribution in [0.4, 0.5) is 0 Å². The Morgan fingerprint density at radius 1 is 1.21 bits per heavy atom. The maximum absolute atomic E-state index is 12.0. The van der Waals surface area contributed by atoms with Gasteiger partial charge >= 0.3 is 0 Å². The summed E-state index contributed by atoms with van der Waals surface area (Å²) in [5.74, 6) is 0. The molecular weight excluding hydrogens is 324 g/mol. The van der Waals surface area contributed by atoms with Crippen molar-refractivity contribution >= 4 is 11.6 Å².